The van der Waals surface area contributed by atoms with Crippen LogP contribution in [0.2, 0.25) is 0 Å². The quantitative estimate of drug-likeness (QED) is 0.901. The molecule has 2 unspecified atom stereocenters. The molecule has 24 heavy (non-hydrogen) atoms. The largest absolute Gasteiger partial charge is 0.354 e. The molecule has 1 amide bonds. The maximum atomic E-state index is 13.0. The van der Waals surface area contributed by atoms with Crippen LogP contribution in [0.1, 0.15) is 36.5 Å². The Morgan fingerprint density at radius 1 is 1.25 bits per heavy atom. The molecule has 0 spiro atoms. The number of carbonyl (C=O) groups excluding carboxylic acids is 1. The highest BCUT2D eigenvalue weighted by Gasteiger charge is 2.30. The molecule has 2 atom stereocenters. The second kappa shape index (κ2) is 7.49. The third-order valence-electron chi connectivity index (χ3n) is 5.24. The number of anilines is 1. The molecule has 6 heteroatoms. The summed E-state index contributed by atoms with van der Waals surface area (Å²) in [7, 11) is 2.13. The molecule has 3 heterocycles. The van der Waals surface area contributed by atoms with E-state index in [1.807, 2.05) is 24.0 Å². The van der Waals surface area contributed by atoms with E-state index >= 15 is 0 Å². The number of likely N-dealkylation sites (tertiary alicyclic amines) is 1. The van der Waals surface area contributed by atoms with E-state index in [-0.39, 0.29) is 18.0 Å². The average molecular weight is 331 g/mol. The minimum absolute atomic E-state index is 0.00758. The molecule has 0 bridgehead atoms. The Kier molecular flexibility index (Phi) is 5.36. The van der Waals surface area contributed by atoms with Crippen LogP contribution in [0.4, 0.5) is 5.82 Å². The molecule has 2 aliphatic rings. The number of amides is 1. The number of nitrogens with two attached hydrogens (primary N) is 1. The van der Waals surface area contributed by atoms with E-state index in [0.717, 1.165) is 63.4 Å². The fourth-order valence-corrected chi connectivity index (χ4v) is 3.68. The zero-order chi connectivity index (χ0) is 17.1. The molecule has 6 nitrogen and oxygen atoms in total. The van der Waals surface area contributed by atoms with Crippen LogP contribution in [0.15, 0.2) is 18.3 Å². The van der Waals surface area contributed by atoms with E-state index in [9.17, 15) is 4.79 Å². The number of pyridine rings is 1. The van der Waals surface area contributed by atoms with Crippen LogP contribution in [-0.2, 0) is 0 Å². The van der Waals surface area contributed by atoms with Crippen molar-refractivity contribution in [2.75, 3.05) is 44.7 Å². The number of carbonyl (C=O) groups is 1. The average Bonchev–Trinajstić information content (AvgIpc) is 2.62. The zero-order valence-corrected chi connectivity index (χ0v) is 14.8. The first-order chi connectivity index (χ1) is 11.6. The fraction of sp³-hybridized carbons (Fsp3) is 0.667. The Bertz CT molecular complexity index is 568. The predicted octanol–water partition coefficient (Wildman–Crippen LogP) is 1.18. The fourth-order valence-electron chi connectivity index (χ4n) is 3.68. The summed E-state index contributed by atoms with van der Waals surface area (Å²) < 4.78 is 0. The summed E-state index contributed by atoms with van der Waals surface area (Å²) in [5.41, 5.74) is 6.84. The van der Waals surface area contributed by atoms with Crippen molar-refractivity contribution in [3.05, 3.63) is 23.9 Å². The van der Waals surface area contributed by atoms with Crippen LogP contribution in [0, 0.1) is 0 Å². The second-order valence-electron chi connectivity index (χ2n) is 7.11. The van der Waals surface area contributed by atoms with Crippen molar-refractivity contribution in [2.24, 2.45) is 5.73 Å². The Morgan fingerprint density at radius 2 is 2.00 bits per heavy atom. The van der Waals surface area contributed by atoms with Gasteiger partial charge in [-0.05, 0) is 45.4 Å². The highest BCUT2D eigenvalue weighted by Crippen LogP contribution is 2.23. The lowest BCUT2D eigenvalue weighted by molar-refractivity contribution is 0.0583. The minimum atomic E-state index is 0.00758. The number of hydrogen-bond acceptors (Lipinski definition) is 5. The zero-order valence-electron chi connectivity index (χ0n) is 14.8. The van der Waals surface area contributed by atoms with Crippen molar-refractivity contribution in [2.45, 2.75) is 38.3 Å². The van der Waals surface area contributed by atoms with Crippen molar-refractivity contribution in [3.8, 4) is 0 Å². The second-order valence-corrected chi connectivity index (χ2v) is 7.11. The van der Waals surface area contributed by atoms with Crippen molar-refractivity contribution < 1.29 is 4.79 Å². The first kappa shape index (κ1) is 17.2. The summed E-state index contributed by atoms with van der Waals surface area (Å²) in [4.78, 5) is 24.0. The molecule has 0 radical (unpaired) electrons. The predicted molar refractivity (Wildman–Crippen MR) is 96.3 cm³/mol. The SMILES string of the molecule is CC(N)C1CCCCN1C(=O)c1ccnc(N2CCN(C)CC2)c1. The van der Waals surface area contributed by atoms with Gasteiger partial charge in [-0.3, -0.25) is 4.79 Å². The molecule has 3 rings (SSSR count). The Balaban J connectivity index is 1.76. The number of nitrogens with zero attached hydrogens (tertiary/aromatic N) is 4. The number of aromatic nitrogens is 1. The number of hydrogen-bond donors (Lipinski definition) is 1. The van der Waals surface area contributed by atoms with E-state index in [4.69, 9.17) is 5.73 Å². The lowest BCUT2D eigenvalue weighted by atomic mass is 9.96. The summed E-state index contributed by atoms with van der Waals surface area (Å²) in [6, 6.07) is 3.93. The number of likely N-dealkylation sites (N-methyl/N-ethyl adjacent to an activating group) is 1. The highest BCUT2D eigenvalue weighted by molar-refractivity contribution is 5.95. The highest BCUT2D eigenvalue weighted by atomic mass is 16.2. The lowest BCUT2D eigenvalue weighted by Crippen LogP contribution is -2.51. The summed E-state index contributed by atoms with van der Waals surface area (Å²) in [5, 5.41) is 0. The number of rotatable bonds is 3. The van der Waals surface area contributed by atoms with Gasteiger partial charge in [0.25, 0.3) is 5.91 Å². The van der Waals surface area contributed by atoms with Crippen LogP contribution in [-0.4, -0.2) is 72.5 Å². The summed E-state index contributed by atoms with van der Waals surface area (Å²) in [6.07, 6.45) is 4.97. The van der Waals surface area contributed by atoms with Gasteiger partial charge in [-0.25, -0.2) is 4.98 Å². The van der Waals surface area contributed by atoms with Gasteiger partial charge in [0.1, 0.15) is 5.82 Å². The van der Waals surface area contributed by atoms with Crippen molar-refractivity contribution >= 4 is 11.7 Å². The maximum absolute atomic E-state index is 13.0. The maximum Gasteiger partial charge on any atom is 0.254 e. The Morgan fingerprint density at radius 3 is 2.71 bits per heavy atom. The summed E-state index contributed by atoms with van der Waals surface area (Å²) in [6.45, 7) is 6.76. The van der Waals surface area contributed by atoms with E-state index < -0.39 is 0 Å². The van der Waals surface area contributed by atoms with Crippen LogP contribution < -0.4 is 10.6 Å². The monoisotopic (exact) mass is 331 g/mol. The Hall–Kier alpha value is -1.66. The number of piperidine rings is 1. The standard InChI is InChI=1S/C18H29N5O/c1-14(19)16-5-3-4-8-23(16)18(24)15-6-7-20-17(13-15)22-11-9-21(2)10-12-22/h6-7,13-14,16H,3-5,8-12,19H2,1-2H3. The van der Waals surface area contributed by atoms with Gasteiger partial charge in [0, 0.05) is 56.6 Å². The molecule has 2 saturated heterocycles. The third kappa shape index (κ3) is 3.70. The van der Waals surface area contributed by atoms with Gasteiger partial charge in [0.2, 0.25) is 0 Å². The molecule has 2 N–H and O–H groups in total. The lowest BCUT2D eigenvalue weighted by Gasteiger charge is -2.38. The first-order valence-corrected chi connectivity index (χ1v) is 9.02. The molecular formula is C18H29N5O. The van der Waals surface area contributed by atoms with Crippen LogP contribution in [0.25, 0.3) is 0 Å². The molecule has 0 aliphatic carbocycles. The minimum Gasteiger partial charge on any atom is -0.354 e. The van der Waals surface area contributed by atoms with Crippen LogP contribution >= 0.6 is 0 Å². The topological polar surface area (TPSA) is 65.7 Å². The smallest absolute Gasteiger partial charge is 0.254 e. The molecule has 0 saturated carbocycles. The molecule has 1 aromatic rings. The number of piperazine rings is 1. The van der Waals surface area contributed by atoms with Crippen molar-refractivity contribution in [1.29, 1.82) is 0 Å². The van der Waals surface area contributed by atoms with E-state index in [1.165, 1.54) is 0 Å². The van der Waals surface area contributed by atoms with Gasteiger partial charge in [-0.15, -0.1) is 0 Å². The van der Waals surface area contributed by atoms with E-state index in [1.54, 1.807) is 6.20 Å². The van der Waals surface area contributed by atoms with E-state index in [2.05, 4.69) is 21.8 Å². The molecular weight excluding hydrogens is 302 g/mol. The van der Waals surface area contributed by atoms with Gasteiger partial charge < -0.3 is 20.4 Å². The third-order valence-corrected chi connectivity index (χ3v) is 5.24. The van der Waals surface area contributed by atoms with Gasteiger partial charge in [0.05, 0.1) is 0 Å². The van der Waals surface area contributed by atoms with Gasteiger partial charge in [-0.2, -0.15) is 0 Å². The molecule has 132 valence electrons. The van der Waals surface area contributed by atoms with Crippen LogP contribution in [0.5, 0.6) is 0 Å². The molecule has 2 aliphatic heterocycles. The van der Waals surface area contributed by atoms with Crippen LogP contribution in [0.3, 0.4) is 0 Å². The summed E-state index contributed by atoms with van der Waals surface area (Å²) in [5.74, 6) is 0.998. The van der Waals surface area contributed by atoms with Gasteiger partial charge >= 0.3 is 0 Å². The molecule has 2 fully saturated rings. The van der Waals surface area contributed by atoms with Crippen molar-refractivity contribution in [3.63, 3.8) is 0 Å². The van der Waals surface area contributed by atoms with E-state index in [0.29, 0.717) is 0 Å². The molecule has 0 aromatic carbocycles. The van der Waals surface area contributed by atoms with Crippen molar-refractivity contribution in [1.82, 2.24) is 14.8 Å². The van der Waals surface area contributed by atoms with Gasteiger partial charge in [-0.1, -0.05) is 0 Å². The Labute approximate surface area is 144 Å². The summed E-state index contributed by atoms with van der Waals surface area (Å²) >= 11 is 0. The van der Waals surface area contributed by atoms with Gasteiger partial charge in [0.15, 0.2) is 0 Å². The first-order valence-electron chi connectivity index (χ1n) is 9.02. The molecule has 1 aromatic heterocycles. The normalized spacial score (nSPS) is 24.0.